The van der Waals surface area contributed by atoms with Gasteiger partial charge in [0.15, 0.2) is 5.82 Å². The molecule has 7 heteroatoms. The second-order valence-electron chi connectivity index (χ2n) is 5.33. The Labute approximate surface area is 143 Å². The number of carbonyl (C=O) groups is 1. The normalized spacial score (nSPS) is 11.8. The van der Waals surface area contributed by atoms with Gasteiger partial charge in [-0.05, 0) is 24.3 Å². The van der Waals surface area contributed by atoms with Crippen LogP contribution in [0.1, 0.15) is 33.7 Å². The molecular formula is C18H16FN3O3. The van der Waals surface area contributed by atoms with Crippen molar-refractivity contribution in [3.63, 3.8) is 0 Å². The molecule has 0 aliphatic rings. The fourth-order valence-corrected chi connectivity index (χ4v) is 2.46. The molecule has 1 atom stereocenters. The van der Waals surface area contributed by atoms with E-state index in [1.165, 1.54) is 25.3 Å². The van der Waals surface area contributed by atoms with Gasteiger partial charge < -0.3 is 14.6 Å². The molecule has 3 rings (SSSR count). The number of amides is 1. The van der Waals surface area contributed by atoms with Crippen molar-refractivity contribution in [2.24, 2.45) is 0 Å². The van der Waals surface area contributed by atoms with Crippen LogP contribution in [-0.2, 0) is 0 Å². The molecule has 1 heterocycles. The number of benzene rings is 2. The van der Waals surface area contributed by atoms with E-state index in [0.717, 1.165) is 6.07 Å². The third-order valence-corrected chi connectivity index (χ3v) is 3.61. The zero-order valence-corrected chi connectivity index (χ0v) is 13.7. The number of methoxy groups -OCH3 is 1. The van der Waals surface area contributed by atoms with Crippen molar-refractivity contribution in [3.8, 4) is 5.75 Å². The highest BCUT2D eigenvalue weighted by molar-refractivity contribution is 5.94. The highest BCUT2D eigenvalue weighted by Crippen LogP contribution is 2.28. The summed E-state index contributed by atoms with van der Waals surface area (Å²) in [5.41, 5.74) is 0.857. The van der Waals surface area contributed by atoms with Gasteiger partial charge in [0.1, 0.15) is 17.6 Å². The highest BCUT2D eigenvalue weighted by Gasteiger charge is 2.25. The molecule has 0 saturated heterocycles. The summed E-state index contributed by atoms with van der Waals surface area (Å²) >= 11 is 0. The SMILES string of the molecule is COc1ccccc1[C@@H](NC(=O)c1cccc(F)c1)c1noc(C)n1. The molecule has 25 heavy (non-hydrogen) atoms. The van der Waals surface area contributed by atoms with Crippen LogP contribution in [0, 0.1) is 12.7 Å². The first kappa shape index (κ1) is 16.6. The Bertz CT molecular complexity index is 895. The van der Waals surface area contributed by atoms with E-state index >= 15 is 0 Å². The van der Waals surface area contributed by atoms with Crippen LogP contribution < -0.4 is 10.1 Å². The summed E-state index contributed by atoms with van der Waals surface area (Å²) in [4.78, 5) is 16.8. The van der Waals surface area contributed by atoms with Gasteiger partial charge in [0, 0.05) is 18.1 Å². The van der Waals surface area contributed by atoms with Crippen molar-refractivity contribution < 1.29 is 18.4 Å². The molecule has 2 aromatic carbocycles. The molecule has 6 nitrogen and oxygen atoms in total. The summed E-state index contributed by atoms with van der Waals surface area (Å²) in [5, 5.41) is 6.71. The van der Waals surface area contributed by atoms with Gasteiger partial charge >= 0.3 is 0 Å². The van der Waals surface area contributed by atoms with Gasteiger partial charge in [0.25, 0.3) is 5.91 Å². The first-order valence-electron chi connectivity index (χ1n) is 7.58. The van der Waals surface area contributed by atoms with Crippen molar-refractivity contribution in [3.05, 3.63) is 77.2 Å². The van der Waals surface area contributed by atoms with E-state index in [0.29, 0.717) is 17.2 Å². The summed E-state index contributed by atoms with van der Waals surface area (Å²) in [7, 11) is 1.53. The van der Waals surface area contributed by atoms with Crippen LogP contribution >= 0.6 is 0 Å². The molecule has 1 aromatic heterocycles. The Kier molecular flexibility index (Phi) is 4.74. The quantitative estimate of drug-likeness (QED) is 0.772. The fraction of sp³-hybridized carbons (Fsp3) is 0.167. The van der Waals surface area contributed by atoms with Crippen LogP contribution in [0.3, 0.4) is 0 Å². The molecular weight excluding hydrogens is 325 g/mol. The zero-order valence-electron chi connectivity index (χ0n) is 13.7. The second kappa shape index (κ2) is 7.12. The number of aromatic nitrogens is 2. The van der Waals surface area contributed by atoms with Crippen LogP contribution in [-0.4, -0.2) is 23.2 Å². The van der Waals surface area contributed by atoms with Gasteiger partial charge in [-0.15, -0.1) is 0 Å². The standard InChI is InChI=1S/C18H16FN3O3/c1-11-20-17(22-25-11)16(14-8-3-4-9-15(14)24-2)21-18(23)12-6-5-7-13(19)10-12/h3-10,16H,1-2H3,(H,21,23)/t16-/m1/s1. The molecule has 0 aliphatic carbocycles. The molecule has 1 amide bonds. The van der Waals surface area contributed by atoms with Crippen LogP contribution in [0.15, 0.2) is 53.1 Å². The lowest BCUT2D eigenvalue weighted by molar-refractivity contribution is 0.0940. The van der Waals surface area contributed by atoms with Crippen LogP contribution in [0.4, 0.5) is 4.39 Å². The maximum absolute atomic E-state index is 13.4. The minimum absolute atomic E-state index is 0.195. The zero-order chi connectivity index (χ0) is 17.8. The summed E-state index contributed by atoms with van der Waals surface area (Å²) < 4.78 is 23.8. The third-order valence-electron chi connectivity index (χ3n) is 3.61. The molecule has 0 fully saturated rings. The molecule has 3 aromatic rings. The summed E-state index contributed by atoms with van der Waals surface area (Å²) in [5.74, 6) is 0.269. The van der Waals surface area contributed by atoms with Crippen LogP contribution in [0.2, 0.25) is 0 Å². The predicted octanol–water partition coefficient (Wildman–Crippen LogP) is 3.05. The molecule has 0 unspecified atom stereocenters. The lowest BCUT2D eigenvalue weighted by atomic mass is 10.0. The molecule has 0 spiro atoms. The minimum atomic E-state index is -0.704. The number of nitrogens with one attached hydrogen (secondary N) is 1. The molecule has 0 saturated carbocycles. The Morgan fingerprint density at radius 3 is 2.72 bits per heavy atom. The summed E-state index contributed by atoms with van der Waals surface area (Å²) in [6, 6.07) is 11.9. The number of halogens is 1. The van der Waals surface area contributed by atoms with E-state index in [2.05, 4.69) is 15.5 Å². The van der Waals surface area contributed by atoms with Gasteiger partial charge in [-0.25, -0.2) is 4.39 Å². The Hall–Kier alpha value is -3.22. The van der Waals surface area contributed by atoms with Gasteiger partial charge in [-0.1, -0.05) is 29.4 Å². The van der Waals surface area contributed by atoms with Gasteiger partial charge in [0.2, 0.25) is 5.89 Å². The maximum Gasteiger partial charge on any atom is 0.252 e. The number of nitrogens with zero attached hydrogens (tertiary/aromatic N) is 2. The van der Waals surface area contributed by atoms with Gasteiger partial charge in [0.05, 0.1) is 7.11 Å². The lowest BCUT2D eigenvalue weighted by Crippen LogP contribution is -2.30. The third kappa shape index (κ3) is 3.65. The van der Waals surface area contributed by atoms with Crippen molar-refractivity contribution in [2.75, 3.05) is 7.11 Å². The number of ether oxygens (including phenoxy) is 1. The van der Waals surface area contributed by atoms with E-state index in [1.807, 2.05) is 12.1 Å². The van der Waals surface area contributed by atoms with Crippen LogP contribution in [0.25, 0.3) is 0 Å². The van der Waals surface area contributed by atoms with E-state index < -0.39 is 17.8 Å². The largest absolute Gasteiger partial charge is 0.496 e. The van der Waals surface area contributed by atoms with Gasteiger partial charge in [-0.3, -0.25) is 4.79 Å². The van der Waals surface area contributed by atoms with Crippen LogP contribution in [0.5, 0.6) is 5.75 Å². The van der Waals surface area contributed by atoms with E-state index in [4.69, 9.17) is 9.26 Å². The monoisotopic (exact) mass is 341 g/mol. The molecule has 128 valence electrons. The van der Waals surface area contributed by atoms with Crippen molar-refractivity contribution in [1.82, 2.24) is 15.5 Å². The summed E-state index contributed by atoms with van der Waals surface area (Å²) in [6.45, 7) is 1.66. The molecule has 0 aliphatic heterocycles. The minimum Gasteiger partial charge on any atom is -0.496 e. The number of carbonyl (C=O) groups excluding carboxylic acids is 1. The Morgan fingerprint density at radius 2 is 2.04 bits per heavy atom. The Morgan fingerprint density at radius 1 is 1.24 bits per heavy atom. The second-order valence-corrected chi connectivity index (χ2v) is 5.33. The van der Waals surface area contributed by atoms with Crippen molar-refractivity contribution in [2.45, 2.75) is 13.0 Å². The first-order chi connectivity index (χ1) is 12.1. The lowest BCUT2D eigenvalue weighted by Gasteiger charge is -2.18. The van der Waals surface area contributed by atoms with Gasteiger partial charge in [-0.2, -0.15) is 4.98 Å². The van der Waals surface area contributed by atoms with Crippen molar-refractivity contribution >= 4 is 5.91 Å². The number of aryl methyl sites for hydroxylation is 1. The number of hydrogen-bond acceptors (Lipinski definition) is 5. The topological polar surface area (TPSA) is 77.2 Å². The number of para-hydroxylation sites is 1. The number of rotatable bonds is 5. The first-order valence-corrected chi connectivity index (χ1v) is 7.58. The molecule has 0 bridgehead atoms. The van der Waals surface area contributed by atoms with E-state index in [9.17, 15) is 9.18 Å². The summed E-state index contributed by atoms with van der Waals surface area (Å²) in [6.07, 6.45) is 0. The molecule has 1 N–H and O–H groups in total. The average molecular weight is 341 g/mol. The smallest absolute Gasteiger partial charge is 0.252 e. The van der Waals surface area contributed by atoms with E-state index in [1.54, 1.807) is 19.1 Å². The maximum atomic E-state index is 13.4. The fourth-order valence-electron chi connectivity index (χ4n) is 2.46. The number of hydrogen-bond donors (Lipinski definition) is 1. The average Bonchev–Trinajstić information content (AvgIpc) is 3.05. The van der Waals surface area contributed by atoms with E-state index in [-0.39, 0.29) is 11.4 Å². The molecule has 0 radical (unpaired) electrons. The van der Waals surface area contributed by atoms with Crippen molar-refractivity contribution in [1.29, 1.82) is 0 Å². The Balaban J connectivity index is 1.98. The predicted molar refractivity (Wildman–Crippen MR) is 87.7 cm³/mol. The highest BCUT2D eigenvalue weighted by atomic mass is 19.1.